The molecule has 0 radical (unpaired) electrons. The number of fused-ring (bicyclic) bond motifs is 2. The zero-order valence-electron chi connectivity index (χ0n) is 32.8. The number of carboxylic acids is 1. The van der Waals surface area contributed by atoms with Gasteiger partial charge in [0.2, 0.25) is 0 Å². The van der Waals surface area contributed by atoms with Crippen molar-refractivity contribution in [1.82, 2.24) is 29.1 Å². The molecule has 0 spiro atoms. The van der Waals surface area contributed by atoms with Crippen LogP contribution in [0.2, 0.25) is 61.4 Å². The van der Waals surface area contributed by atoms with Crippen LogP contribution in [-0.2, 0) is 27.7 Å². The number of pyridine rings is 4. The van der Waals surface area contributed by atoms with Gasteiger partial charge in [-0.1, -0.05) is 62.5 Å². The molecule has 0 saturated carbocycles. The Hall–Kier alpha value is -4.45. The summed E-state index contributed by atoms with van der Waals surface area (Å²) in [5.41, 5.74) is 4.70. The number of nitrogens with zero attached hydrogens (tertiary/aromatic N) is 6. The van der Waals surface area contributed by atoms with Crippen LogP contribution < -0.4 is 0 Å². The summed E-state index contributed by atoms with van der Waals surface area (Å²) in [6, 6.07) is 9.31. The molecule has 0 aliphatic rings. The van der Waals surface area contributed by atoms with Crippen molar-refractivity contribution in [1.29, 1.82) is 0 Å². The molecule has 296 valence electrons. The van der Waals surface area contributed by atoms with Crippen LogP contribution in [0.4, 0.5) is 0 Å². The number of carbonyl (C=O) groups excluding carboxylic acids is 1. The minimum atomic E-state index is -1.12. The number of hydrogen-bond acceptors (Lipinski definition) is 9. The molecule has 0 aliphatic carbocycles. The van der Waals surface area contributed by atoms with Crippen LogP contribution in [0.1, 0.15) is 27.6 Å². The van der Waals surface area contributed by atoms with E-state index >= 15 is 0 Å². The summed E-state index contributed by atoms with van der Waals surface area (Å²) in [4.78, 5) is 40.4. The number of aromatic nitrogens is 6. The summed E-state index contributed by atoms with van der Waals surface area (Å²) in [7, 11) is -2.23. The SMILES string of the molecule is CCOC(=O)c1cncc(-c2cnc3c(ccn3COCC[Si](C)(C)C)c2Cl)c1.C[Si](C)(C)CCOCn1ccc2c(Cl)c(-c3cncc(C(=O)O)c3)cnc21. The standard InChI is InChI=1S/C21H26ClN3O3Si.C19H22ClN3O3Si/c1-5-28-21(26)16-10-15(11-23-12-16)18-13-24-20-17(19(18)22)6-7-25(20)14-27-8-9-29(2,3)4;1-27(2,3)7-6-26-12-23-5-4-15-17(20)16(11-22-18(15)23)13-8-14(19(24)25)10-21-9-13/h6-7,10-13H,5,8-9,14H2,1-4H3;4-5,8-11H,6-7,12H2,1-3H3,(H,24,25). The first-order valence-electron chi connectivity index (χ1n) is 18.3. The predicted molar refractivity (Wildman–Crippen MR) is 227 cm³/mol. The number of esters is 1. The van der Waals surface area contributed by atoms with Gasteiger partial charge in [-0.05, 0) is 43.3 Å². The third kappa shape index (κ3) is 11.1. The van der Waals surface area contributed by atoms with Crippen molar-refractivity contribution in [3.8, 4) is 22.3 Å². The van der Waals surface area contributed by atoms with Gasteiger partial charge in [-0.15, -0.1) is 0 Å². The molecule has 0 fully saturated rings. The maximum absolute atomic E-state index is 12.0. The highest BCUT2D eigenvalue weighted by Crippen LogP contribution is 2.35. The third-order valence-corrected chi connectivity index (χ3v) is 13.0. The molecule has 6 aromatic rings. The summed E-state index contributed by atoms with van der Waals surface area (Å²) in [5.74, 6) is -1.44. The second kappa shape index (κ2) is 18.7. The zero-order valence-corrected chi connectivity index (χ0v) is 36.3. The van der Waals surface area contributed by atoms with E-state index in [2.05, 4.69) is 59.2 Å². The predicted octanol–water partition coefficient (Wildman–Crippen LogP) is 10.0. The number of aromatic carboxylic acids is 1. The van der Waals surface area contributed by atoms with Gasteiger partial charge in [0.05, 0.1) is 27.8 Å². The topological polar surface area (TPSA) is 143 Å². The normalized spacial score (nSPS) is 11.8. The van der Waals surface area contributed by atoms with Gasteiger partial charge in [-0.3, -0.25) is 9.97 Å². The fourth-order valence-electron chi connectivity index (χ4n) is 5.52. The summed E-state index contributed by atoms with van der Waals surface area (Å²) in [6.45, 7) is 18.4. The lowest BCUT2D eigenvalue weighted by atomic mass is 10.1. The van der Waals surface area contributed by atoms with Gasteiger partial charge in [-0.25, -0.2) is 19.6 Å². The van der Waals surface area contributed by atoms with Gasteiger partial charge in [0, 0.05) is 112 Å². The molecular formula is C40H48Cl2N6O6Si2. The number of halogens is 2. The van der Waals surface area contributed by atoms with Crippen molar-refractivity contribution in [3.05, 3.63) is 95.0 Å². The Morgan fingerprint density at radius 3 is 1.57 bits per heavy atom. The number of hydrogen-bond donors (Lipinski definition) is 1. The molecule has 0 unspecified atom stereocenters. The molecule has 56 heavy (non-hydrogen) atoms. The smallest absolute Gasteiger partial charge is 0.339 e. The van der Waals surface area contributed by atoms with Crippen LogP contribution in [0.25, 0.3) is 44.3 Å². The van der Waals surface area contributed by atoms with Crippen molar-refractivity contribution >= 4 is 73.4 Å². The molecule has 0 bridgehead atoms. The molecule has 16 heteroatoms. The molecule has 0 aromatic carbocycles. The molecular weight excluding hydrogens is 788 g/mol. The molecule has 0 amide bonds. The Bertz CT molecular complexity index is 2320. The number of ether oxygens (including phenoxy) is 3. The zero-order chi connectivity index (χ0) is 40.6. The van der Waals surface area contributed by atoms with E-state index in [1.165, 1.54) is 12.4 Å². The lowest BCUT2D eigenvalue weighted by Crippen LogP contribution is -2.22. The molecule has 0 atom stereocenters. The number of carboxylic acid groups (broad SMARTS) is 1. The lowest BCUT2D eigenvalue weighted by Gasteiger charge is -2.15. The fourth-order valence-corrected chi connectivity index (χ4v) is 7.65. The second-order valence-corrected chi connectivity index (χ2v) is 27.7. The van der Waals surface area contributed by atoms with Crippen molar-refractivity contribution in [3.63, 3.8) is 0 Å². The van der Waals surface area contributed by atoms with Crippen molar-refractivity contribution < 1.29 is 28.9 Å². The molecule has 6 aromatic heterocycles. The van der Waals surface area contributed by atoms with Gasteiger partial charge in [-0.2, -0.15) is 0 Å². The van der Waals surface area contributed by atoms with Crippen LogP contribution in [-0.4, -0.2) is 82.1 Å². The Morgan fingerprint density at radius 1 is 0.696 bits per heavy atom. The largest absolute Gasteiger partial charge is 0.478 e. The van der Waals surface area contributed by atoms with Crippen LogP contribution in [0.3, 0.4) is 0 Å². The maximum atomic E-state index is 12.0. The highest BCUT2D eigenvalue weighted by atomic mass is 35.5. The summed E-state index contributed by atoms with van der Waals surface area (Å²) in [6.07, 6.45) is 13.2. The maximum Gasteiger partial charge on any atom is 0.339 e. The Labute approximate surface area is 338 Å². The van der Waals surface area contributed by atoms with Gasteiger partial charge in [0.25, 0.3) is 0 Å². The molecule has 0 aliphatic heterocycles. The van der Waals surface area contributed by atoms with E-state index in [0.29, 0.717) is 52.4 Å². The summed E-state index contributed by atoms with van der Waals surface area (Å²) in [5, 5.41) is 11.9. The van der Waals surface area contributed by atoms with Gasteiger partial charge in [0.1, 0.15) is 24.8 Å². The number of carbonyl (C=O) groups is 2. The molecule has 0 saturated heterocycles. The average molecular weight is 836 g/mol. The third-order valence-electron chi connectivity index (χ3n) is 8.76. The van der Waals surface area contributed by atoms with Crippen LogP contribution in [0.5, 0.6) is 0 Å². The first-order chi connectivity index (χ1) is 26.6. The molecule has 1 N–H and O–H groups in total. The first-order valence-corrected chi connectivity index (χ1v) is 26.5. The van der Waals surface area contributed by atoms with Crippen LogP contribution in [0, 0.1) is 0 Å². The van der Waals surface area contributed by atoms with Crippen molar-refractivity contribution in [2.75, 3.05) is 19.8 Å². The number of rotatable bonds is 15. The van der Waals surface area contributed by atoms with E-state index in [1.54, 1.807) is 43.8 Å². The average Bonchev–Trinajstić information content (AvgIpc) is 3.77. The highest BCUT2D eigenvalue weighted by molar-refractivity contribution is 6.76. The Kier molecular flexibility index (Phi) is 14.2. The Morgan fingerprint density at radius 2 is 1.14 bits per heavy atom. The van der Waals surface area contributed by atoms with Crippen molar-refractivity contribution in [2.24, 2.45) is 0 Å². The van der Waals surface area contributed by atoms with E-state index in [-0.39, 0.29) is 5.56 Å². The fraction of sp³-hybridized carbons (Fsp3) is 0.350. The lowest BCUT2D eigenvalue weighted by molar-refractivity contribution is 0.0525. The van der Waals surface area contributed by atoms with E-state index in [1.807, 2.05) is 33.7 Å². The van der Waals surface area contributed by atoms with E-state index in [0.717, 1.165) is 52.9 Å². The second-order valence-electron chi connectivity index (χ2n) is 15.7. The van der Waals surface area contributed by atoms with Gasteiger partial charge >= 0.3 is 11.9 Å². The van der Waals surface area contributed by atoms with E-state index < -0.39 is 28.1 Å². The minimum Gasteiger partial charge on any atom is -0.478 e. The minimum absolute atomic E-state index is 0.108. The molecule has 6 heterocycles. The van der Waals surface area contributed by atoms with Gasteiger partial charge < -0.3 is 28.5 Å². The highest BCUT2D eigenvalue weighted by Gasteiger charge is 2.18. The van der Waals surface area contributed by atoms with Crippen molar-refractivity contribution in [2.45, 2.75) is 71.8 Å². The van der Waals surface area contributed by atoms with E-state index in [9.17, 15) is 9.59 Å². The van der Waals surface area contributed by atoms with Crippen LogP contribution >= 0.6 is 23.2 Å². The Balaban J connectivity index is 0.000000215. The van der Waals surface area contributed by atoms with Crippen LogP contribution in [0.15, 0.2) is 73.8 Å². The van der Waals surface area contributed by atoms with Gasteiger partial charge in [0.15, 0.2) is 0 Å². The van der Waals surface area contributed by atoms with E-state index in [4.69, 9.17) is 42.5 Å². The molecule has 12 nitrogen and oxygen atoms in total. The quantitative estimate of drug-likeness (QED) is 0.0603. The first kappa shape index (κ1) is 42.7. The molecule has 6 rings (SSSR count). The monoisotopic (exact) mass is 834 g/mol. The summed E-state index contributed by atoms with van der Waals surface area (Å²) >= 11 is 13.2. The summed E-state index contributed by atoms with van der Waals surface area (Å²) < 4.78 is 20.5.